The first-order chi connectivity index (χ1) is 19.0. The van der Waals surface area contributed by atoms with Gasteiger partial charge in [0.1, 0.15) is 18.3 Å². The highest BCUT2D eigenvalue weighted by Crippen LogP contribution is 2.24. The van der Waals surface area contributed by atoms with Crippen LogP contribution in [0.5, 0.6) is 5.75 Å². The van der Waals surface area contributed by atoms with Crippen molar-refractivity contribution in [3.8, 4) is 5.75 Å². The van der Waals surface area contributed by atoms with Gasteiger partial charge in [-0.05, 0) is 48.7 Å². The van der Waals surface area contributed by atoms with Crippen LogP contribution in [0, 0.1) is 0 Å². The van der Waals surface area contributed by atoms with Crippen molar-refractivity contribution >= 4 is 43.5 Å². The minimum absolute atomic E-state index is 0.0992. The van der Waals surface area contributed by atoms with Crippen molar-refractivity contribution in [3.05, 3.63) is 94.5 Å². The Morgan fingerprint density at radius 3 is 2.27 bits per heavy atom. The van der Waals surface area contributed by atoms with E-state index in [0.717, 1.165) is 32.6 Å². The summed E-state index contributed by atoms with van der Waals surface area (Å²) < 4.78 is 32.9. The molecule has 0 fully saturated rings. The number of benzene rings is 3. The molecule has 3 aromatic carbocycles. The molecule has 40 heavy (non-hydrogen) atoms. The Kier molecular flexibility index (Phi) is 11.2. The normalized spacial score (nSPS) is 12.7. The van der Waals surface area contributed by atoms with Crippen molar-refractivity contribution in [2.75, 3.05) is 24.2 Å². The Balaban J connectivity index is 2.06. The maximum Gasteiger partial charge on any atom is 0.244 e. The van der Waals surface area contributed by atoms with Crippen LogP contribution in [0.4, 0.5) is 5.69 Å². The molecule has 10 heteroatoms. The Labute approximate surface area is 245 Å². The number of carbonyl (C=O) groups is 2. The molecule has 0 aliphatic rings. The van der Waals surface area contributed by atoms with Crippen LogP contribution in [0.1, 0.15) is 31.4 Å². The number of rotatable bonds is 13. The van der Waals surface area contributed by atoms with Crippen molar-refractivity contribution in [2.24, 2.45) is 0 Å². The fraction of sp³-hybridized carbons (Fsp3) is 0.333. The van der Waals surface area contributed by atoms with Crippen molar-refractivity contribution in [3.63, 3.8) is 0 Å². The quantitative estimate of drug-likeness (QED) is 0.294. The first-order valence-electron chi connectivity index (χ1n) is 13.0. The Morgan fingerprint density at radius 1 is 0.975 bits per heavy atom. The monoisotopic (exact) mass is 629 g/mol. The lowest BCUT2D eigenvalue weighted by molar-refractivity contribution is -0.140. The molecular weight excluding hydrogens is 594 g/mol. The third-order valence-electron chi connectivity index (χ3n) is 6.53. The molecule has 1 N–H and O–H groups in total. The predicted octanol–water partition coefficient (Wildman–Crippen LogP) is 4.78. The van der Waals surface area contributed by atoms with Crippen molar-refractivity contribution in [2.45, 2.75) is 45.3 Å². The van der Waals surface area contributed by atoms with Gasteiger partial charge < -0.3 is 15.0 Å². The van der Waals surface area contributed by atoms with Gasteiger partial charge in [-0.25, -0.2) is 8.42 Å². The van der Waals surface area contributed by atoms with Gasteiger partial charge >= 0.3 is 0 Å². The molecular formula is C30H36BrN3O5S. The molecule has 0 aromatic heterocycles. The summed E-state index contributed by atoms with van der Waals surface area (Å²) in [4.78, 5) is 29.3. The Morgan fingerprint density at radius 2 is 1.65 bits per heavy atom. The lowest BCUT2D eigenvalue weighted by Crippen LogP contribution is -2.54. The van der Waals surface area contributed by atoms with E-state index >= 15 is 0 Å². The molecule has 0 saturated carbocycles. The van der Waals surface area contributed by atoms with Gasteiger partial charge in [0.2, 0.25) is 21.8 Å². The first-order valence-corrected chi connectivity index (χ1v) is 15.7. The highest BCUT2D eigenvalue weighted by Gasteiger charge is 2.33. The second kappa shape index (κ2) is 14.3. The van der Waals surface area contributed by atoms with Gasteiger partial charge in [0.25, 0.3) is 0 Å². The van der Waals surface area contributed by atoms with Crippen LogP contribution >= 0.6 is 15.9 Å². The second-order valence-electron chi connectivity index (χ2n) is 9.65. The summed E-state index contributed by atoms with van der Waals surface area (Å²) in [7, 11) is -2.37. The van der Waals surface area contributed by atoms with Crippen LogP contribution in [0.3, 0.4) is 0 Å². The maximum absolute atomic E-state index is 14.1. The summed E-state index contributed by atoms with van der Waals surface area (Å²) in [5.41, 5.74) is 1.97. The molecule has 2 atom stereocenters. The fourth-order valence-corrected chi connectivity index (χ4v) is 5.49. The zero-order chi connectivity index (χ0) is 29.3. The molecule has 0 heterocycles. The summed E-state index contributed by atoms with van der Waals surface area (Å²) in [5.74, 6) is -0.346. The van der Waals surface area contributed by atoms with Gasteiger partial charge in [0.05, 0.1) is 19.1 Å². The third kappa shape index (κ3) is 8.82. The number of halogens is 1. The van der Waals surface area contributed by atoms with Crippen LogP contribution in [0.2, 0.25) is 0 Å². The minimum atomic E-state index is -3.86. The van der Waals surface area contributed by atoms with Crippen molar-refractivity contribution in [1.29, 1.82) is 0 Å². The molecule has 2 amide bonds. The van der Waals surface area contributed by atoms with E-state index in [1.807, 2.05) is 68.4 Å². The van der Waals surface area contributed by atoms with Crippen LogP contribution in [-0.2, 0) is 32.6 Å². The lowest BCUT2D eigenvalue weighted by Gasteiger charge is -2.34. The van der Waals surface area contributed by atoms with Gasteiger partial charge in [0.15, 0.2) is 0 Å². The van der Waals surface area contributed by atoms with Crippen LogP contribution in [-0.4, -0.2) is 57.1 Å². The van der Waals surface area contributed by atoms with E-state index < -0.39 is 28.5 Å². The number of hydrogen-bond acceptors (Lipinski definition) is 5. The molecule has 3 aromatic rings. The molecule has 8 nitrogen and oxygen atoms in total. The second-order valence-corrected chi connectivity index (χ2v) is 12.5. The maximum atomic E-state index is 14.1. The Bertz CT molecular complexity index is 1400. The number of amides is 2. The lowest BCUT2D eigenvalue weighted by atomic mass is 10.0. The number of methoxy groups -OCH3 is 1. The standard InChI is InChI=1S/C30H36BrN3O5S/c1-5-22(2)32-30(36)28(18-23-11-7-6-8-12-23)33(20-24-13-9-14-25(31)17-24)29(35)21-34(40(4,37)38)26-15-10-16-27(19-26)39-3/h6-17,19,22,28H,5,18,20-21H2,1-4H3,(H,32,36). The summed E-state index contributed by atoms with van der Waals surface area (Å²) in [6.45, 7) is 3.51. The van der Waals surface area contributed by atoms with E-state index in [0.29, 0.717) is 11.4 Å². The van der Waals surface area contributed by atoms with Gasteiger partial charge in [-0.15, -0.1) is 0 Å². The minimum Gasteiger partial charge on any atom is -0.497 e. The van der Waals surface area contributed by atoms with E-state index in [1.165, 1.54) is 12.0 Å². The van der Waals surface area contributed by atoms with Gasteiger partial charge in [-0.2, -0.15) is 0 Å². The molecule has 214 valence electrons. The number of sulfonamides is 1. The number of carbonyl (C=O) groups excluding carboxylic acids is 2. The van der Waals surface area contributed by atoms with E-state index in [2.05, 4.69) is 21.2 Å². The summed E-state index contributed by atoms with van der Waals surface area (Å²) >= 11 is 3.48. The topological polar surface area (TPSA) is 96.0 Å². The van der Waals surface area contributed by atoms with Crippen molar-refractivity contribution < 1.29 is 22.7 Å². The van der Waals surface area contributed by atoms with Gasteiger partial charge in [-0.1, -0.05) is 71.4 Å². The predicted molar refractivity (Wildman–Crippen MR) is 162 cm³/mol. The zero-order valence-electron chi connectivity index (χ0n) is 23.2. The highest BCUT2D eigenvalue weighted by atomic mass is 79.9. The molecule has 0 saturated heterocycles. The molecule has 0 aliphatic carbocycles. The van der Waals surface area contributed by atoms with Crippen LogP contribution in [0.15, 0.2) is 83.3 Å². The summed E-state index contributed by atoms with van der Waals surface area (Å²) in [5, 5.41) is 3.02. The average molecular weight is 631 g/mol. The number of hydrogen-bond donors (Lipinski definition) is 1. The van der Waals surface area contributed by atoms with E-state index in [-0.39, 0.29) is 24.9 Å². The largest absolute Gasteiger partial charge is 0.497 e. The van der Waals surface area contributed by atoms with E-state index in [9.17, 15) is 18.0 Å². The Hall–Kier alpha value is -3.37. The SMILES string of the molecule is CCC(C)NC(=O)C(Cc1ccccc1)N(Cc1cccc(Br)c1)C(=O)CN(c1cccc(OC)c1)S(C)(=O)=O. The smallest absolute Gasteiger partial charge is 0.244 e. The van der Waals surface area contributed by atoms with Crippen LogP contribution in [0.25, 0.3) is 0 Å². The van der Waals surface area contributed by atoms with E-state index in [1.54, 1.807) is 24.3 Å². The average Bonchev–Trinajstić information content (AvgIpc) is 2.93. The molecule has 0 radical (unpaired) electrons. The number of nitrogens with zero attached hydrogens (tertiary/aromatic N) is 2. The molecule has 3 rings (SSSR count). The van der Waals surface area contributed by atoms with Crippen LogP contribution < -0.4 is 14.4 Å². The number of nitrogens with one attached hydrogen (secondary N) is 1. The number of anilines is 1. The fourth-order valence-electron chi connectivity index (χ4n) is 4.21. The number of ether oxygens (including phenoxy) is 1. The molecule has 2 unspecified atom stereocenters. The van der Waals surface area contributed by atoms with Gasteiger partial charge in [-0.3, -0.25) is 13.9 Å². The van der Waals surface area contributed by atoms with Crippen molar-refractivity contribution in [1.82, 2.24) is 10.2 Å². The van der Waals surface area contributed by atoms with Gasteiger partial charge in [0, 0.05) is 29.5 Å². The molecule has 0 bridgehead atoms. The first kappa shape index (κ1) is 31.2. The third-order valence-corrected chi connectivity index (χ3v) is 8.17. The summed E-state index contributed by atoms with van der Waals surface area (Å²) in [6.07, 6.45) is 2.04. The molecule has 0 aliphatic heterocycles. The zero-order valence-corrected chi connectivity index (χ0v) is 25.6. The van der Waals surface area contributed by atoms with E-state index in [4.69, 9.17) is 4.74 Å². The highest BCUT2D eigenvalue weighted by molar-refractivity contribution is 9.10. The molecule has 0 spiro atoms. The summed E-state index contributed by atoms with van der Waals surface area (Å²) in [6, 6.07) is 22.5.